The molecule has 6 rings (SSSR count). The molecule has 2 nitrogen and oxygen atoms in total. The summed E-state index contributed by atoms with van der Waals surface area (Å²) < 4.78 is 0. The highest BCUT2D eigenvalue weighted by Crippen LogP contribution is 2.59. The number of fused-ring (bicyclic) bond motifs is 4. The molecule has 0 radical (unpaired) electrons. The van der Waals surface area contributed by atoms with E-state index in [1.165, 1.54) is 38.2 Å². The summed E-state index contributed by atoms with van der Waals surface area (Å²) in [5.41, 5.74) is 7.13. The van der Waals surface area contributed by atoms with Gasteiger partial charge in [-0.1, -0.05) is 88.0 Å². The summed E-state index contributed by atoms with van der Waals surface area (Å²) in [5.74, 6) is 0. The third kappa shape index (κ3) is 2.39. The van der Waals surface area contributed by atoms with Crippen LogP contribution in [-0.4, -0.2) is 9.97 Å². The molecule has 0 N–H and O–H groups in total. The minimum absolute atomic E-state index is 0.149. The molecule has 1 aromatic heterocycles. The lowest BCUT2D eigenvalue weighted by atomic mass is 9.71. The van der Waals surface area contributed by atoms with Gasteiger partial charge in [0.05, 0.1) is 11.9 Å². The van der Waals surface area contributed by atoms with Gasteiger partial charge in [0.15, 0.2) is 0 Å². The third-order valence-corrected chi connectivity index (χ3v) is 12.4. The molecule has 4 heteroatoms. The lowest BCUT2D eigenvalue weighted by Crippen LogP contribution is -2.50. The summed E-state index contributed by atoms with van der Waals surface area (Å²) in [4.78, 5) is 8.97. The molecule has 0 spiro atoms. The van der Waals surface area contributed by atoms with Crippen LogP contribution < -0.4 is 15.9 Å². The Morgan fingerprint density at radius 1 is 0.719 bits per heavy atom. The van der Waals surface area contributed by atoms with Crippen molar-refractivity contribution in [3.63, 3.8) is 0 Å². The van der Waals surface area contributed by atoms with Crippen LogP contribution in [0.3, 0.4) is 0 Å². The molecular formula is C28H25N2PS. The summed E-state index contributed by atoms with van der Waals surface area (Å²) in [7, 11) is 0. The fourth-order valence-corrected chi connectivity index (χ4v) is 11.4. The zero-order chi connectivity index (χ0) is 22.3. The van der Waals surface area contributed by atoms with Crippen LogP contribution in [0.5, 0.6) is 0 Å². The number of hydrogen-bond acceptors (Lipinski definition) is 3. The maximum atomic E-state index is 6.81. The van der Waals surface area contributed by atoms with Crippen LogP contribution in [0, 0.1) is 0 Å². The van der Waals surface area contributed by atoms with Crippen molar-refractivity contribution < 1.29 is 0 Å². The molecule has 2 aliphatic rings. The molecule has 2 aliphatic heterocycles. The highest BCUT2D eigenvalue weighted by atomic mass is 32.4. The van der Waals surface area contributed by atoms with Crippen molar-refractivity contribution in [2.24, 2.45) is 0 Å². The molecule has 0 amide bonds. The van der Waals surface area contributed by atoms with Crippen molar-refractivity contribution in [1.29, 1.82) is 0 Å². The predicted molar refractivity (Wildman–Crippen MR) is 138 cm³/mol. The molecule has 0 saturated carbocycles. The van der Waals surface area contributed by atoms with Crippen LogP contribution in [0.15, 0.2) is 79.3 Å². The second kappa shape index (κ2) is 6.47. The van der Waals surface area contributed by atoms with E-state index in [0.717, 1.165) is 11.3 Å². The van der Waals surface area contributed by atoms with Gasteiger partial charge in [-0.3, -0.25) is 9.97 Å². The van der Waals surface area contributed by atoms with E-state index < -0.39 is 6.04 Å². The average Bonchev–Trinajstić information content (AvgIpc) is 2.82. The number of benzene rings is 3. The zero-order valence-corrected chi connectivity index (χ0v) is 20.5. The van der Waals surface area contributed by atoms with E-state index in [0.29, 0.717) is 0 Å². The van der Waals surface area contributed by atoms with E-state index in [1.54, 1.807) is 12.4 Å². The van der Waals surface area contributed by atoms with Gasteiger partial charge in [0.2, 0.25) is 0 Å². The standard InChI is InChI=1S/C28H25N2PS/c1-27(2)19-9-5-7-11-24(19)31(32)25-12-8-6-10-20(25)28(3,4)22-16-18(15-21(27)26(22)31)23-17-29-13-14-30-23/h5-17H,1-4H3. The Hall–Kier alpha value is -2.61. The van der Waals surface area contributed by atoms with Crippen molar-refractivity contribution in [1.82, 2.24) is 9.97 Å². The fraction of sp³-hybridized carbons (Fsp3) is 0.214. The highest BCUT2D eigenvalue weighted by Gasteiger charge is 2.49. The minimum atomic E-state index is -2.19. The smallest absolute Gasteiger partial charge is 0.0885 e. The largest absolute Gasteiger partial charge is 0.261 e. The van der Waals surface area contributed by atoms with Crippen LogP contribution in [0.4, 0.5) is 0 Å². The van der Waals surface area contributed by atoms with Crippen molar-refractivity contribution in [3.05, 3.63) is 102 Å². The molecule has 0 bridgehead atoms. The zero-order valence-electron chi connectivity index (χ0n) is 18.8. The maximum Gasteiger partial charge on any atom is 0.0885 e. The second-order valence-corrected chi connectivity index (χ2v) is 14.2. The van der Waals surface area contributed by atoms with Gasteiger partial charge >= 0.3 is 0 Å². The van der Waals surface area contributed by atoms with Crippen LogP contribution >= 0.6 is 6.04 Å². The van der Waals surface area contributed by atoms with Crippen LogP contribution in [0.1, 0.15) is 49.9 Å². The Kier molecular flexibility index (Phi) is 4.05. The second-order valence-electron chi connectivity index (χ2n) is 9.90. The Morgan fingerprint density at radius 2 is 1.25 bits per heavy atom. The first-order valence-corrected chi connectivity index (χ1v) is 13.8. The summed E-state index contributed by atoms with van der Waals surface area (Å²) in [5, 5.41) is 4.10. The van der Waals surface area contributed by atoms with E-state index in [9.17, 15) is 0 Å². The molecule has 3 aromatic carbocycles. The Balaban J connectivity index is 1.82. The maximum absolute atomic E-state index is 6.81. The molecule has 158 valence electrons. The molecule has 4 aromatic rings. The van der Waals surface area contributed by atoms with Gasteiger partial charge in [-0.2, -0.15) is 0 Å². The molecule has 0 aliphatic carbocycles. The van der Waals surface area contributed by atoms with Crippen LogP contribution in [0.2, 0.25) is 0 Å². The van der Waals surface area contributed by atoms with E-state index in [1.807, 2.05) is 6.20 Å². The van der Waals surface area contributed by atoms with Gasteiger partial charge in [-0.05, 0) is 45.0 Å². The molecular weight excluding hydrogens is 427 g/mol. The SMILES string of the molecule is CC1(C)c2ccccc2P2(=S)c3ccccc3C(C)(C)c3cc(-c4cnccn4)cc1c32. The molecule has 3 heterocycles. The normalized spacial score (nSPS) is 18.2. The third-order valence-electron chi connectivity index (χ3n) is 7.46. The van der Waals surface area contributed by atoms with Gasteiger partial charge in [0.25, 0.3) is 0 Å². The monoisotopic (exact) mass is 452 g/mol. The lowest BCUT2D eigenvalue weighted by molar-refractivity contribution is 0.624. The van der Waals surface area contributed by atoms with Crippen molar-refractivity contribution in [3.8, 4) is 11.3 Å². The van der Waals surface area contributed by atoms with E-state index in [-0.39, 0.29) is 10.8 Å². The summed E-state index contributed by atoms with van der Waals surface area (Å²) in [6, 6.07) is 20.2. The Morgan fingerprint density at radius 3 is 1.75 bits per heavy atom. The quantitative estimate of drug-likeness (QED) is 0.372. The highest BCUT2D eigenvalue weighted by molar-refractivity contribution is 8.25. The van der Waals surface area contributed by atoms with Gasteiger partial charge in [-0.15, -0.1) is 0 Å². The van der Waals surface area contributed by atoms with Gasteiger partial charge in [-0.25, -0.2) is 0 Å². The fourth-order valence-electron chi connectivity index (χ4n) is 5.74. The molecule has 0 atom stereocenters. The van der Waals surface area contributed by atoms with Crippen LogP contribution in [0.25, 0.3) is 11.3 Å². The predicted octanol–water partition coefficient (Wildman–Crippen LogP) is 5.18. The van der Waals surface area contributed by atoms with Gasteiger partial charge < -0.3 is 0 Å². The van der Waals surface area contributed by atoms with Crippen molar-refractivity contribution in [2.45, 2.75) is 38.5 Å². The average molecular weight is 453 g/mol. The van der Waals surface area contributed by atoms with E-state index in [2.05, 4.69) is 98.3 Å². The van der Waals surface area contributed by atoms with Gasteiger partial charge in [0.1, 0.15) is 0 Å². The molecule has 32 heavy (non-hydrogen) atoms. The van der Waals surface area contributed by atoms with Crippen LogP contribution in [-0.2, 0) is 22.6 Å². The first kappa shape index (κ1) is 20.0. The summed E-state index contributed by atoms with van der Waals surface area (Å²) >= 11 is 6.81. The number of aromatic nitrogens is 2. The number of hydrogen-bond donors (Lipinski definition) is 0. The first-order valence-electron chi connectivity index (χ1n) is 11.0. The topological polar surface area (TPSA) is 25.8 Å². The van der Waals surface area contributed by atoms with Crippen molar-refractivity contribution in [2.75, 3.05) is 0 Å². The minimum Gasteiger partial charge on any atom is -0.261 e. The Labute approximate surface area is 194 Å². The van der Waals surface area contributed by atoms with Gasteiger partial charge in [0, 0.05) is 40.1 Å². The molecule has 0 fully saturated rings. The Bertz CT molecular complexity index is 1370. The lowest BCUT2D eigenvalue weighted by Gasteiger charge is -2.49. The molecule has 0 saturated heterocycles. The number of rotatable bonds is 1. The van der Waals surface area contributed by atoms with E-state index >= 15 is 0 Å². The summed E-state index contributed by atoms with van der Waals surface area (Å²) in [6.45, 7) is 9.37. The number of nitrogens with zero attached hydrogens (tertiary/aromatic N) is 2. The molecule has 0 unspecified atom stereocenters. The first-order chi connectivity index (χ1) is 15.3. The summed E-state index contributed by atoms with van der Waals surface area (Å²) in [6.07, 6.45) is 5.36. The van der Waals surface area contributed by atoms with E-state index in [4.69, 9.17) is 11.8 Å². The van der Waals surface area contributed by atoms with Crippen molar-refractivity contribution >= 4 is 33.8 Å².